The number of urea groups is 1. The van der Waals surface area contributed by atoms with Crippen LogP contribution in [0.5, 0.6) is 11.5 Å². The van der Waals surface area contributed by atoms with E-state index in [0.29, 0.717) is 44.2 Å². The van der Waals surface area contributed by atoms with E-state index in [9.17, 15) is 9.59 Å². The van der Waals surface area contributed by atoms with Crippen LogP contribution in [0.3, 0.4) is 0 Å². The molecule has 7 heteroatoms. The number of nitrogens with zero attached hydrogens (tertiary/aromatic N) is 2. The third-order valence-electron chi connectivity index (χ3n) is 6.21. The van der Waals surface area contributed by atoms with Gasteiger partial charge in [-0.05, 0) is 40.8 Å². The monoisotopic (exact) mass is 487 g/mol. The number of carbonyl (C=O) groups excluding carboxylic acids is 2. The van der Waals surface area contributed by atoms with E-state index in [2.05, 4.69) is 5.32 Å². The lowest BCUT2D eigenvalue weighted by atomic mass is 10.1. The zero-order chi connectivity index (χ0) is 25.3. The van der Waals surface area contributed by atoms with E-state index < -0.39 is 0 Å². The first-order chi connectivity index (χ1) is 17.5. The standard InChI is InChI=1S/C29H33N3O4/c1-31(19-25-13-14-26(27(17-25)35-2)36-21-22-8-4-3-5-9-22)29(34)30-18-23-10-6-11-24(16-23)20-32-15-7-12-28(32)33/h3-6,8-11,13-14,16-17H,7,12,15,18-21H2,1-2H3,(H,30,34). The molecule has 3 amide bonds. The van der Waals surface area contributed by atoms with E-state index in [1.807, 2.05) is 77.7 Å². The van der Waals surface area contributed by atoms with Crippen LogP contribution in [0.4, 0.5) is 4.79 Å². The zero-order valence-corrected chi connectivity index (χ0v) is 20.9. The Balaban J connectivity index is 1.29. The third-order valence-corrected chi connectivity index (χ3v) is 6.21. The minimum absolute atomic E-state index is 0.168. The van der Waals surface area contributed by atoms with Gasteiger partial charge in [0.05, 0.1) is 7.11 Å². The predicted octanol–water partition coefficient (Wildman–Crippen LogP) is 4.74. The maximum Gasteiger partial charge on any atom is 0.317 e. The number of rotatable bonds is 10. The number of amides is 3. The maximum absolute atomic E-state index is 12.7. The van der Waals surface area contributed by atoms with Crippen LogP contribution in [0.15, 0.2) is 72.8 Å². The Hall–Kier alpha value is -4.00. The molecule has 1 N–H and O–H groups in total. The largest absolute Gasteiger partial charge is 0.493 e. The molecule has 4 rings (SSSR count). The minimum Gasteiger partial charge on any atom is -0.493 e. The molecule has 1 saturated heterocycles. The second-order valence-electron chi connectivity index (χ2n) is 9.01. The average molecular weight is 488 g/mol. The molecule has 188 valence electrons. The Morgan fingerprint density at radius 2 is 1.72 bits per heavy atom. The van der Waals surface area contributed by atoms with Gasteiger partial charge in [0.1, 0.15) is 6.61 Å². The molecule has 0 atom stereocenters. The molecule has 0 aromatic heterocycles. The molecule has 36 heavy (non-hydrogen) atoms. The third kappa shape index (κ3) is 6.78. The van der Waals surface area contributed by atoms with Crippen molar-refractivity contribution in [2.24, 2.45) is 0 Å². The normalized spacial score (nSPS) is 12.9. The Labute approximate surface area is 212 Å². The van der Waals surface area contributed by atoms with Crippen LogP contribution in [-0.4, -0.2) is 42.4 Å². The van der Waals surface area contributed by atoms with Crippen molar-refractivity contribution < 1.29 is 19.1 Å². The number of likely N-dealkylation sites (tertiary alicyclic amines) is 1. The van der Waals surface area contributed by atoms with Crippen LogP contribution >= 0.6 is 0 Å². The van der Waals surface area contributed by atoms with Gasteiger partial charge >= 0.3 is 6.03 Å². The minimum atomic E-state index is -0.168. The van der Waals surface area contributed by atoms with E-state index in [4.69, 9.17) is 9.47 Å². The Kier molecular flexibility index (Phi) is 8.44. The topological polar surface area (TPSA) is 71.1 Å². The van der Waals surface area contributed by atoms with Crippen molar-refractivity contribution in [3.8, 4) is 11.5 Å². The molecule has 7 nitrogen and oxygen atoms in total. The van der Waals surface area contributed by atoms with Crippen LogP contribution in [0.2, 0.25) is 0 Å². The summed E-state index contributed by atoms with van der Waals surface area (Å²) < 4.78 is 11.4. The summed E-state index contributed by atoms with van der Waals surface area (Å²) in [6.45, 7) is 2.73. The molecule has 1 aliphatic heterocycles. The van der Waals surface area contributed by atoms with Gasteiger partial charge in [0.15, 0.2) is 11.5 Å². The van der Waals surface area contributed by atoms with Crippen LogP contribution in [-0.2, 0) is 31.0 Å². The van der Waals surface area contributed by atoms with Crippen LogP contribution in [0.1, 0.15) is 35.1 Å². The van der Waals surface area contributed by atoms with Crippen molar-refractivity contribution in [1.82, 2.24) is 15.1 Å². The lowest BCUT2D eigenvalue weighted by Crippen LogP contribution is -2.36. The summed E-state index contributed by atoms with van der Waals surface area (Å²) in [6, 6.07) is 23.5. The summed E-state index contributed by atoms with van der Waals surface area (Å²) >= 11 is 0. The Morgan fingerprint density at radius 3 is 2.47 bits per heavy atom. The van der Waals surface area contributed by atoms with Gasteiger partial charge in [-0.2, -0.15) is 0 Å². The predicted molar refractivity (Wildman–Crippen MR) is 139 cm³/mol. The molecule has 0 bridgehead atoms. The fourth-order valence-electron chi connectivity index (χ4n) is 4.25. The van der Waals surface area contributed by atoms with Crippen molar-refractivity contribution in [2.75, 3.05) is 20.7 Å². The highest BCUT2D eigenvalue weighted by molar-refractivity contribution is 5.78. The van der Waals surface area contributed by atoms with Crippen LogP contribution in [0, 0.1) is 0 Å². The van der Waals surface area contributed by atoms with Gasteiger partial charge in [-0.3, -0.25) is 4.79 Å². The molecule has 0 saturated carbocycles. The van der Waals surface area contributed by atoms with E-state index in [1.165, 1.54) is 0 Å². The summed E-state index contributed by atoms with van der Waals surface area (Å²) in [5, 5.41) is 2.98. The highest BCUT2D eigenvalue weighted by Gasteiger charge is 2.20. The highest BCUT2D eigenvalue weighted by atomic mass is 16.5. The molecule has 1 aliphatic rings. The van der Waals surface area contributed by atoms with Crippen molar-refractivity contribution >= 4 is 11.9 Å². The second-order valence-corrected chi connectivity index (χ2v) is 9.01. The molecule has 0 spiro atoms. The number of carbonyl (C=O) groups is 2. The number of methoxy groups -OCH3 is 1. The van der Waals surface area contributed by atoms with Crippen molar-refractivity contribution in [3.63, 3.8) is 0 Å². The maximum atomic E-state index is 12.7. The van der Waals surface area contributed by atoms with E-state index in [1.54, 1.807) is 19.1 Å². The fourth-order valence-corrected chi connectivity index (χ4v) is 4.25. The molecule has 0 aliphatic carbocycles. The van der Waals surface area contributed by atoms with E-state index in [0.717, 1.165) is 35.2 Å². The summed E-state index contributed by atoms with van der Waals surface area (Å²) in [7, 11) is 3.37. The molecule has 3 aromatic rings. The highest BCUT2D eigenvalue weighted by Crippen LogP contribution is 2.29. The summed E-state index contributed by atoms with van der Waals surface area (Å²) in [4.78, 5) is 28.1. The van der Waals surface area contributed by atoms with Gasteiger partial charge in [-0.15, -0.1) is 0 Å². The van der Waals surface area contributed by atoms with Gasteiger partial charge in [0.25, 0.3) is 0 Å². The zero-order valence-electron chi connectivity index (χ0n) is 20.9. The van der Waals surface area contributed by atoms with E-state index >= 15 is 0 Å². The lowest BCUT2D eigenvalue weighted by molar-refractivity contribution is -0.128. The Morgan fingerprint density at radius 1 is 0.944 bits per heavy atom. The van der Waals surface area contributed by atoms with Crippen molar-refractivity contribution in [1.29, 1.82) is 0 Å². The van der Waals surface area contributed by atoms with Gasteiger partial charge < -0.3 is 24.6 Å². The number of hydrogen-bond donors (Lipinski definition) is 1. The summed E-state index contributed by atoms with van der Waals surface area (Å²) in [5.41, 5.74) is 4.10. The molecular weight excluding hydrogens is 454 g/mol. The number of hydrogen-bond acceptors (Lipinski definition) is 4. The summed E-state index contributed by atoms with van der Waals surface area (Å²) in [5.74, 6) is 1.50. The number of benzene rings is 3. The first-order valence-corrected chi connectivity index (χ1v) is 12.2. The molecule has 3 aromatic carbocycles. The lowest BCUT2D eigenvalue weighted by Gasteiger charge is -2.20. The molecular formula is C29H33N3O4. The van der Waals surface area contributed by atoms with Crippen molar-refractivity contribution in [3.05, 3.63) is 95.1 Å². The number of nitrogens with one attached hydrogen (secondary N) is 1. The summed E-state index contributed by atoms with van der Waals surface area (Å²) in [6.07, 6.45) is 1.56. The molecule has 1 fully saturated rings. The van der Waals surface area contributed by atoms with E-state index in [-0.39, 0.29) is 11.9 Å². The SMILES string of the molecule is COc1cc(CN(C)C(=O)NCc2cccc(CN3CCCC3=O)c2)ccc1OCc1ccccc1. The van der Waals surface area contributed by atoms with Gasteiger partial charge in [0.2, 0.25) is 5.91 Å². The first kappa shape index (κ1) is 25.1. The quantitative estimate of drug-likeness (QED) is 0.449. The number of ether oxygens (including phenoxy) is 2. The smallest absolute Gasteiger partial charge is 0.317 e. The molecule has 0 unspecified atom stereocenters. The Bertz CT molecular complexity index is 1180. The first-order valence-electron chi connectivity index (χ1n) is 12.2. The van der Waals surface area contributed by atoms with Crippen LogP contribution < -0.4 is 14.8 Å². The fraction of sp³-hybridized carbons (Fsp3) is 0.310. The van der Waals surface area contributed by atoms with Crippen LogP contribution in [0.25, 0.3) is 0 Å². The van der Waals surface area contributed by atoms with Gasteiger partial charge in [-0.1, -0.05) is 60.7 Å². The van der Waals surface area contributed by atoms with Gasteiger partial charge in [0, 0.05) is 39.6 Å². The second kappa shape index (κ2) is 12.1. The molecule has 1 heterocycles. The van der Waals surface area contributed by atoms with Gasteiger partial charge in [-0.25, -0.2) is 4.79 Å². The van der Waals surface area contributed by atoms with Crippen molar-refractivity contribution in [2.45, 2.75) is 39.1 Å². The average Bonchev–Trinajstić information content (AvgIpc) is 3.31. The molecule has 0 radical (unpaired) electrons.